The largest absolute Gasteiger partial charge is 0.478 e. The molecule has 1 aromatic heterocycles. The highest BCUT2D eigenvalue weighted by Crippen LogP contribution is 2.19. The fraction of sp³-hybridized carbons (Fsp3) is 0.0714. The summed E-state index contributed by atoms with van der Waals surface area (Å²) in [5.74, 6) is -4.79. The molecule has 0 radical (unpaired) electrons. The van der Waals surface area contributed by atoms with Crippen LogP contribution in [0, 0.1) is 18.7 Å². The quantitative estimate of drug-likeness (QED) is 0.852. The molecule has 0 unspecified atom stereocenters. The molecule has 0 aliphatic rings. The zero-order valence-electron chi connectivity index (χ0n) is 10.9. The first kappa shape index (κ1) is 14.6. The highest BCUT2D eigenvalue weighted by molar-refractivity contribution is 6.05. The first-order valence-electron chi connectivity index (χ1n) is 5.85. The molecule has 0 aliphatic heterocycles. The average Bonchev–Trinajstić information content (AvgIpc) is 2.43. The Kier molecular flexibility index (Phi) is 3.93. The van der Waals surface area contributed by atoms with Crippen molar-refractivity contribution in [2.24, 2.45) is 0 Å². The number of hydrogen-bond donors (Lipinski definition) is 2. The van der Waals surface area contributed by atoms with E-state index < -0.39 is 29.2 Å². The SMILES string of the molecule is Cc1ccc(C(=O)O)cc1NC(=O)c1ccnc(F)c1F. The van der Waals surface area contributed by atoms with E-state index in [1.807, 2.05) is 0 Å². The van der Waals surface area contributed by atoms with Crippen LogP contribution in [0.4, 0.5) is 14.5 Å². The molecule has 0 saturated carbocycles. The molecule has 1 heterocycles. The van der Waals surface area contributed by atoms with Crippen molar-refractivity contribution in [3.63, 3.8) is 0 Å². The monoisotopic (exact) mass is 292 g/mol. The Morgan fingerprint density at radius 1 is 1.24 bits per heavy atom. The van der Waals surface area contributed by atoms with Crippen molar-refractivity contribution in [3.05, 3.63) is 58.9 Å². The van der Waals surface area contributed by atoms with Gasteiger partial charge >= 0.3 is 5.97 Å². The van der Waals surface area contributed by atoms with Gasteiger partial charge in [0.25, 0.3) is 5.91 Å². The smallest absolute Gasteiger partial charge is 0.335 e. The molecule has 0 spiro atoms. The molecule has 1 aromatic carbocycles. The Morgan fingerprint density at radius 2 is 1.95 bits per heavy atom. The van der Waals surface area contributed by atoms with Crippen LogP contribution >= 0.6 is 0 Å². The molecule has 2 aromatic rings. The van der Waals surface area contributed by atoms with Crippen LogP contribution in [0.2, 0.25) is 0 Å². The number of carbonyl (C=O) groups is 2. The van der Waals surface area contributed by atoms with Gasteiger partial charge in [-0.3, -0.25) is 4.79 Å². The molecule has 2 rings (SSSR count). The Bertz CT molecular complexity index is 732. The van der Waals surface area contributed by atoms with Gasteiger partial charge in [0.1, 0.15) is 0 Å². The van der Waals surface area contributed by atoms with Gasteiger partial charge in [0.05, 0.1) is 11.1 Å². The van der Waals surface area contributed by atoms with Crippen molar-refractivity contribution in [3.8, 4) is 0 Å². The van der Waals surface area contributed by atoms with E-state index in [4.69, 9.17) is 5.11 Å². The number of nitrogens with zero attached hydrogens (tertiary/aromatic N) is 1. The molecule has 108 valence electrons. The Labute approximate surface area is 118 Å². The van der Waals surface area contributed by atoms with Gasteiger partial charge in [-0.25, -0.2) is 14.2 Å². The van der Waals surface area contributed by atoms with Gasteiger partial charge in [0.2, 0.25) is 5.95 Å². The average molecular weight is 292 g/mol. The van der Waals surface area contributed by atoms with Gasteiger partial charge in [-0.15, -0.1) is 0 Å². The van der Waals surface area contributed by atoms with Gasteiger partial charge in [0, 0.05) is 11.9 Å². The van der Waals surface area contributed by atoms with Crippen molar-refractivity contribution < 1.29 is 23.5 Å². The summed E-state index contributed by atoms with van der Waals surface area (Å²) in [6.45, 7) is 1.64. The van der Waals surface area contributed by atoms with Crippen LogP contribution in [0.3, 0.4) is 0 Å². The van der Waals surface area contributed by atoms with E-state index in [0.717, 1.165) is 12.3 Å². The third kappa shape index (κ3) is 3.02. The van der Waals surface area contributed by atoms with Crippen molar-refractivity contribution in [2.45, 2.75) is 6.92 Å². The number of halogens is 2. The summed E-state index contributed by atoms with van der Waals surface area (Å²) in [7, 11) is 0. The number of aromatic carboxylic acids is 1. The van der Waals surface area contributed by atoms with E-state index in [1.165, 1.54) is 18.2 Å². The van der Waals surface area contributed by atoms with Crippen LogP contribution in [0.5, 0.6) is 0 Å². The highest BCUT2D eigenvalue weighted by atomic mass is 19.2. The van der Waals surface area contributed by atoms with Crippen LogP contribution in [0.25, 0.3) is 0 Å². The second-order valence-corrected chi connectivity index (χ2v) is 4.25. The summed E-state index contributed by atoms with van der Waals surface area (Å²) in [4.78, 5) is 25.9. The van der Waals surface area contributed by atoms with Crippen LogP contribution in [0.1, 0.15) is 26.3 Å². The molecule has 0 fully saturated rings. The fourth-order valence-electron chi connectivity index (χ4n) is 1.67. The van der Waals surface area contributed by atoms with Gasteiger partial charge in [-0.05, 0) is 30.7 Å². The lowest BCUT2D eigenvalue weighted by molar-refractivity contribution is 0.0696. The third-order valence-electron chi connectivity index (χ3n) is 2.82. The molecule has 2 N–H and O–H groups in total. The number of aromatic nitrogens is 1. The maximum Gasteiger partial charge on any atom is 0.335 e. The lowest BCUT2D eigenvalue weighted by Gasteiger charge is -2.10. The summed E-state index contributed by atoms with van der Waals surface area (Å²) >= 11 is 0. The summed E-state index contributed by atoms with van der Waals surface area (Å²) in [5.41, 5.74) is 0.250. The second kappa shape index (κ2) is 5.66. The lowest BCUT2D eigenvalue weighted by Crippen LogP contribution is -2.16. The van der Waals surface area contributed by atoms with Crippen LogP contribution in [-0.2, 0) is 0 Å². The number of aryl methyl sites for hydroxylation is 1. The molecule has 0 saturated heterocycles. The van der Waals surface area contributed by atoms with Gasteiger partial charge in [-0.1, -0.05) is 6.07 Å². The summed E-state index contributed by atoms with van der Waals surface area (Å²) in [6.07, 6.45) is 0.966. The van der Waals surface area contributed by atoms with E-state index in [2.05, 4.69) is 10.3 Å². The van der Waals surface area contributed by atoms with Gasteiger partial charge in [-0.2, -0.15) is 4.39 Å². The van der Waals surface area contributed by atoms with E-state index in [9.17, 15) is 18.4 Å². The minimum absolute atomic E-state index is 0.0303. The minimum Gasteiger partial charge on any atom is -0.478 e. The number of pyridine rings is 1. The van der Waals surface area contributed by atoms with E-state index >= 15 is 0 Å². The molecular weight excluding hydrogens is 282 g/mol. The number of hydrogen-bond acceptors (Lipinski definition) is 3. The Balaban J connectivity index is 2.33. The summed E-state index contributed by atoms with van der Waals surface area (Å²) < 4.78 is 26.5. The van der Waals surface area contributed by atoms with Gasteiger partial charge in [0.15, 0.2) is 5.82 Å². The normalized spacial score (nSPS) is 10.2. The van der Waals surface area contributed by atoms with E-state index in [0.29, 0.717) is 5.56 Å². The molecular formula is C14H10F2N2O3. The standard InChI is InChI=1S/C14H10F2N2O3/c1-7-2-3-8(14(20)21)6-10(7)18-13(19)9-4-5-17-12(16)11(9)15/h2-6H,1H3,(H,18,19)(H,20,21). The number of carboxylic acid groups (broad SMARTS) is 1. The number of carbonyl (C=O) groups excluding carboxylic acids is 1. The molecule has 21 heavy (non-hydrogen) atoms. The Morgan fingerprint density at radius 3 is 2.62 bits per heavy atom. The molecule has 0 atom stereocenters. The molecule has 0 bridgehead atoms. The zero-order chi connectivity index (χ0) is 15.6. The third-order valence-corrected chi connectivity index (χ3v) is 2.82. The molecule has 0 aliphatic carbocycles. The van der Waals surface area contributed by atoms with Crippen molar-refractivity contribution >= 4 is 17.6 Å². The predicted molar refractivity (Wildman–Crippen MR) is 70.2 cm³/mol. The lowest BCUT2D eigenvalue weighted by atomic mass is 10.1. The summed E-state index contributed by atoms with van der Waals surface area (Å²) in [5, 5.41) is 11.3. The maximum atomic E-state index is 13.5. The first-order chi connectivity index (χ1) is 9.90. The maximum absolute atomic E-state index is 13.5. The fourth-order valence-corrected chi connectivity index (χ4v) is 1.67. The number of anilines is 1. The number of benzene rings is 1. The number of amides is 1. The van der Waals surface area contributed by atoms with Gasteiger partial charge < -0.3 is 10.4 Å². The zero-order valence-corrected chi connectivity index (χ0v) is 10.9. The predicted octanol–water partition coefficient (Wildman–Crippen LogP) is 2.62. The van der Waals surface area contributed by atoms with Crippen molar-refractivity contribution in [2.75, 3.05) is 5.32 Å². The number of carboxylic acids is 1. The van der Waals surface area contributed by atoms with Crippen molar-refractivity contribution in [1.29, 1.82) is 0 Å². The van der Waals surface area contributed by atoms with E-state index in [1.54, 1.807) is 6.92 Å². The van der Waals surface area contributed by atoms with Crippen LogP contribution < -0.4 is 5.32 Å². The van der Waals surface area contributed by atoms with E-state index in [-0.39, 0.29) is 11.3 Å². The molecule has 1 amide bonds. The molecule has 7 heteroatoms. The minimum atomic E-state index is -1.38. The Hall–Kier alpha value is -2.83. The second-order valence-electron chi connectivity index (χ2n) is 4.25. The van der Waals surface area contributed by atoms with Crippen molar-refractivity contribution in [1.82, 2.24) is 4.98 Å². The first-order valence-corrected chi connectivity index (χ1v) is 5.85. The number of nitrogens with one attached hydrogen (secondary N) is 1. The van der Waals surface area contributed by atoms with Crippen LogP contribution in [-0.4, -0.2) is 22.0 Å². The molecule has 5 nitrogen and oxygen atoms in total. The van der Waals surface area contributed by atoms with Crippen LogP contribution in [0.15, 0.2) is 30.5 Å². The number of rotatable bonds is 3. The summed E-state index contributed by atoms with van der Waals surface area (Å²) in [6, 6.07) is 5.15. The highest BCUT2D eigenvalue weighted by Gasteiger charge is 2.17. The topological polar surface area (TPSA) is 79.3 Å².